The predicted molar refractivity (Wildman–Crippen MR) is 74.6 cm³/mol. The number of ketones is 1. The molecule has 0 aliphatic rings. The Balaban J connectivity index is 2.18. The first-order chi connectivity index (χ1) is 9.20. The second-order valence-corrected chi connectivity index (χ2v) is 4.91. The number of hydrogen-bond acceptors (Lipinski definition) is 5. The Morgan fingerprint density at radius 1 is 1.37 bits per heavy atom. The first-order valence-electron chi connectivity index (χ1n) is 5.77. The number of aromatic nitrogens is 2. The smallest absolute Gasteiger partial charge is 0.159 e. The van der Waals surface area contributed by atoms with E-state index in [2.05, 4.69) is 9.97 Å². The van der Waals surface area contributed by atoms with Gasteiger partial charge in [0.25, 0.3) is 0 Å². The van der Waals surface area contributed by atoms with Crippen LogP contribution in [0.15, 0.2) is 41.8 Å². The largest absolute Gasteiger partial charge is 0.496 e. The first-order valence-corrected chi connectivity index (χ1v) is 6.76. The van der Waals surface area contributed by atoms with Gasteiger partial charge < -0.3 is 4.74 Å². The second kappa shape index (κ2) is 6.33. The summed E-state index contributed by atoms with van der Waals surface area (Å²) in [5.74, 6) is 1.53. The predicted octanol–water partition coefficient (Wildman–Crippen LogP) is 2.98. The highest BCUT2D eigenvalue weighted by molar-refractivity contribution is 7.98. The fourth-order valence-electron chi connectivity index (χ4n) is 1.63. The van der Waals surface area contributed by atoms with Gasteiger partial charge in [-0.2, -0.15) is 0 Å². The summed E-state index contributed by atoms with van der Waals surface area (Å²) in [5, 5.41) is 0.894. The van der Waals surface area contributed by atoms with Crippen LogP contribution in [0.4, 0.5) is 0 Å². The van der Waals surface area contributed by atoms with Crippen molar-refractivity contribution in [2.75, 3.05) is 7.11 Å². The minimum atomic E-state index is 0.0518. The van der Waals surface area contributed by atoms with E-state index in [1.54, 1.807) is 38.1 Å². The van der Waals surface area contributed by atoms with E-state index in [4.69, 9.17) is 4.74 Å². The van der Waals surface area contributed by atoms with Crippen LogP contribution in [-0.4, -0.2) is 22.9 Å². The van der Waals surface area contributed by atoms with Gasteiger partial charge in [-0.1, -0.05) is 0 Å². The van der Waals surface area contributed by atoms with Crippen LogP contribution in [-0.2, 0) is 5.75 Å². The topological polar surface area (TPSA) is 52.1 Å². The van der Waals surface area contributed by atoms with E-state index in [0.29, 0.717) is 11.3 Å². The maximum absolute atomic E-state index is 11.4. The number of carbonyl (C=O) groups excluding carboxylic acids is 1. The summed E-state index contributed by atoms with van der Waals surface area (Å²) in [6.07, 6.45) is 3.23. The van der Waals surface area contributed by atoms with Gasteiger partial charge in [-0.05, 0) is 31.2 Å². The van der Waals surface area contributed by atoms with E-state index < -0.39 is 0 Å². The van der Waals surface area contributed by atoms with E-state index in [0.717, 1.165) is 16.3 Å². The third kappa shape index (κ3) is 3.54. The maximum Gasteiger partial charge on any atom is 0.159 e. The van der Waals surface area contributed by atoms with Crippen molar-refractivity contribution in [1.82, 2.24) is 9.97 Å². The first kappa shape index (κ1) is 13.5. The summed E-state index contributed by atoms with van der Waals surface area (Å²) in [5.41, 5.74) is 1.68. The van der Waals surface area contributed by atoms with Crippen molar-refractivity contribution in [3.8, 4) is 5.75 Å². The molecule has 0 bridgehead atoms. The minimum Gasteiger partial charge on any atom is -0.496 e. The average Bonchev–Trinajstić information content (AvgIpc) is 2.45. The molecular formula is C14H14N2O2S. The van der Waals surface area contributed by atoms with Gasteiger partial charge in [0.2, 0.25) is 0 Å². The summed E-state index contributed by atoms with van der Waals surface area (Å²) >= 11 is 1.58. The quantitative estimate of drug-likeness (QED) is 0.476. The van der Waals surface area contributed by atoms with Crippen molar-refractivity contribution in [3.63, 3.8) is 0 Å². The number of benzene rings is 1. The molecule has 0 aliphatic heterocycles. The number of nitrogens with zero attached hydrogens (tertiary/aromatic N) is 2. The van der Waals surface area contributed by atoms with E-state index in [-0.39, 0.29) is 5.78 Å². The summed E-state index contributed by atoms with van der Waals surface area (Å²) in [6, 6.07) is 7.33. The summed E-state index contributed by atoms with van der Waals surface area (Å²) in [6.45, 7) is 1.56. The number of carbonyl (C=O) groups is 1. The molecule has 2 aromatic rings. The molecule has 0 saturated heterocycles. The molecule has 0 unspecified atom stereocenters. The third-order valence-electron chi connectivity index (χ3n) is 2.62. The molecule has 5 heteroatoms. The second-order valence-electron chi connectivity index (χ2n) is 3.92. The highest BCUT2D eigenvalue weighted by atomic mass is 32.2. The van der Waals surface area contributed by atoms with Gasteiger partial charge in [0.15, 0.2) is 5.78 Å². The summed E-state index contributed by atoms with van der Waals surface area (Å²) < 4.78 is 5.31. The fraction of sp³-hybridized carbons (Fsp3) is 0.214. The van der Waals surface area contributed by atoms with Gasteiger partial charge in [-0.3, -0.25) is 4.79 Å². The molecule has 0 saturated carbocycles. The van der Waals surface area contributed by atoms with Gasteiger partial charge >= 0.3 is 0 Å². The minimum absolute atomic E-state index is 0.0518. The highest BCUT2D eigenvalue weighted by Gasteiger charge is 2.08. The SMILES string of the molecule is COc1ccc(C(C)=O)cc1CSc1ccncn1. The van der Waals surface area contributed by atoms with Gasteiger partial charge in [-0.25, -0.2) is 9.97 Å². The molecule has 1 aromatic heterocycles. The molecule has 0 spiro atoms. The standard InChI is InChI=1S/C14H14N2O2S/c1-10(17)11-3-4-13(18-2)12(7-11)8-19-14-5-6-15-9-16-14/h3-7,9H,8H2,1-2H3. The Kier molecular flexibility index (Phi) is 4.52. The van der Waals surface area contributed by atoms with Crippen LogP contribution in [0.1, 0.15) is 22.8 Å². The molecule has 0 aliphatic carbocycles. The van der Waals surface area contributed by atoms with E-state index >= 15 is 0 Å². The number of Topliss-reactive ketones (excluding diaryl/α,β-unsaturated/α-hetero) is 1. The highest BCUT2D eigenvalue weighted by Crippen LogP contribution is 2.27. The molecule has 0 radical (unpaired) electrons. The van der Waals surface area contributed by atoms with Crippen molar-refractivity contribution in [2.24, 2.45) is 0 Å². The number of methoxy groups -OCH3 is 1. The van der Waals surface area contributed by atoms with Gasteiger partial charge in [0, 0.05) is 23.1 Å². The van der Waals surface area contributed by atoms with Crippen molar-refractivity contribution >= 4 is 17.5 Å². The molecule has 98 valence electrons. The Labute approximate surface area is 116 Å². The van der Waals surface area contributed by atoms with Crippen LogP contribution in [0.2, 0.25) is 0 Å². The molecule has 0 N–H and O–H groups in total. The van der Waals surface area contributed by atoms with Crippen LogP contribution < -0.4 is 4.74 Å². The molecule has 4 nitrogen and oxygen atoms in total. The Morgan fingerprint density at radius 2 is 2.21 bits per heavy atom. The zero-order chi connectivity index (χ0) is 13.7. The van der Waals surface area contributed by atoms with Crippen LogP contribution in [0, 0.1) is 0 Å². The van der Waals surface area contributed by atoms with E-state index in [1.807, 2.05) is 18.2 Å². The lowest BCUT2D eigenvalue weighted by Gasteiger charge is -2.09. The molecule has 2 rings (SSSR count). The van der Waals surface area contributed by atoms with Crippen molar-refractivity contribution in [1.29, 1.82) is 0 Å². The van der Waals surface area contributed by atoms with Crippen LogP contribution >= 0.6 is 11.8 Å². The number of hydrogen-bond donors (Lipinski definition) is 0. The lowest BCUT2D eigenvalue weighted by atomic mass is 10.1. The molecule has 0 fully saturated rings. The Bertz CT molecular complexity index is 573. The van der Waals surface area contributed by atoms with Gasteiger partial charge in [0.05, 0.1) is 12.1 Å². The lowest BCUT2D eigenvalue weighted by Crippen LogP contribution is -1.97. The normalized spacial score (nSPS) is 10.2. The van der Waals surface area contributed by atoms with E-state index in [9.17, 15) is 4.79 Å². The van der Waals surface area contributed by atoms with Crippen molar-refractivity contribution in [3.05, 3.63) is 47.9 Å². The average molecular weight is 274 g/mol. The number of rotatable bonds is 5. The van der Waals surface area contributed by atoms with Crippen LogP contribution in [0.5, 0.6) is 5.75 Å². The molecular weight excluding hydrogens is 260 g/mol. The molecule has 1 heterocycles. The third-order valence-corrected chi connectivity index (χ3v) is 3.61. The molecule has 19 heavy (non-hydrogen) atoms. The van der Waals surface area contributed by atoms with Crippen molar-refractivity contribution < 1.29 is 9.53 Å². The van der Waals surface area contributed by atoms with Gasteiger partial charge in [-0.15, -0.1) is 11.8 Å². The summed E-state index contributed by atoms with van der Waals surface area (Å²) in [7, 11) is 1.63. The van der Waals surface area contributed by atoms with Crippen LogP contribution in [0.25, 0.3) is 0 Å². The molecule has 0 amide bonds. The Morgan fingerprint density at radius 3 is 2.84 bits per heavy atom. The molecule has 1 aromatic carbocycles. The lowest BCUT2D eigenvalue weighted by molar-refractivity contribution is 0.101. The number of ether oxygens (including phenoxy) is 1. The Hall–Kier alpha value is -1.88. The van der Waals surface area contributed by atoms with Crippen molar-refractivity contribution in [2.45, 2.75) is 17.7 Å². The fourth-order valence-corrected chi connectivity index (χ4v) is 2.43. The zero-order valence-electron chi connectivity index (χ0n) is 10.8. The number of thioether (sulfide) groups is 1. The molecule has 0 atom stereocenters. The van der Waals surface area contributed by atoms with E-state index in [1.165, 1.54) is 6.33 Å². The maximum atomic E-state index is 11.4. The van der Waals surface area contributed by atoms with Crippen LogP contribution in [0.3, 0.4) is 0 Å². The monoisotopic (exact) mass is 274 g/mol. The van der Waals surface area contributed by atoms with Gasteiger partial charge in [0.1, 0.15) is 12.1 Å². The zero-order valence-corrected chi connectivity index (χ0v) is 11.6. The summed E-state index contributed by atoms with van der Waals surface area (Å²) in [4.78, 5) is 19.4.